The molecule has 0 unspecified atom stereocenters. The number of hydrogen-bond donors (Lipinski definition) is 1. The lowest BCUT2D eigenvalue weighted by molar-refractivity contribution is -0.608. The van der Waals surface area contributed by atoms with Crippen molar-refractivity contribution in [1.82, 2.24) is 0 Å². The minimum absolute atomic E-state index is 0.0963. The van der Waals surface area contributed by atoms with E-state index in [-0.39, 0.29) is 11.4 Å². The number of rotatable bonds is 5. The van der Waals surface area contributed by atoms with E-state index in [9.17, 15) is 24.9 Å². The molecule has 0 spiro atoms. The summed E-state index contributed by atoms with van der Waals surface area (Å²) >= 11 is 0. The third-order valence-corrected chi connectivity index (χ3v) is 3.06. The smallest absolute Gasteiger partial charge is 0.405 e. The van der Waals surface area contributed by atoms with Crippen LogP contribution in [0.15, 0.2) is 42.6 Å². The number of carbonyl (C=O) groups is 2. The zero-order chi connectivity index (χ0) is 17.7. The van der Waals surface area contributed by atoms with E-state index in [2.05, 4.69) is 5.32 Å². The van der Waals surface area contributed by atoms with Crippen molar-refractivity contribution in [2.45, 2.75) is 6.92 Å². The maximum absolute atomic E-state index is 11.8. The third-order valence-electron chi connectivity index (χ3n) is 3.06. The number of pyridine rings is 1. The molecule has 0 aliphatic carbocycles. The Morgan fingerprint density at radius 1 is 1.29 bits per heavy atom. The van der Waals surface area contributed by atoms with E-state index in [1.54, 1.807) is 6.92 Å². The molecule has 2 rings (SSSR count). The topological polar surface area (TPSA) is 125 Å². The number of nitro groups is 1. The van der Waals surface area contributed by atoms with Gasteiger partial charge in [-0.15, -0.1) is 0 Å². The Morgan fingerprint density at radius 3 is 2.67 bits per heavy atom. The first-order chi connectivity index (χ1) is 11.4. The summed E-state index contributed by atoms with van der Waals surface area (Å²) in [6.45, 7) is 1.00. The molecule has 0 saturated carbocycles. The lowest BCUT2D eigenvalue weighted by Crippen LogP contribution is -2.35. The van der Waals surface area contributed by atoms with Gasteiger partial charge in [-0.1, -0.05) is 0 Å². The summed E-state index contributed by atoms with van der Waals surface area (Å²) in [5.74, 6) is -1.56. The molecule has 1 amide bonds. The molecule has 0 aliphatic heterocycles. The van der Waals surface area contributed by atoms with Crippen molar-refractivity contribution in [2.75, 3.05) is 11.9 Å². The van der Waals surface area contributed by atoms with Crippen LogP contribution < -0.4 is 10.0 Å². The molecule has 0 saturated heterocycles. The van der Waals surface area contributed by atoms with Crippen molar-refractivity contribution in [3.63, 3.8) is 0 Å². The van der Waals surface area contributed by atoms with E-state index < -0.39 is 23.4 Å². The van der Waals surface area contributed by atoms with Crippen LogP contribution in [0.25, 0.3) is 0 Å². The molecule has 0 bridgehead atoms. The van der Waals surface area contributed by atoms with Crippen LogP contribution in [0.4, 0.5) is 11.4 Å². The predicted molar refractivity (Wildman–Crippen MR) is 82.1 cm³/mol. The van der Waals surface area contributed by atoms with Gasteiger partial charge >= 0.3 is 11.7 Å². The second kappa shape index (κ2) is 7.18. The van der Waals surface area contributed by atoms with Gasteiger partial charge in [0.05, 0.1) is 4.92 Å². The molecule has 9 heteroatoms. The van der Waals surface area contributed by atoms with Crippen LogP contribution in [0.3, 0.4) is 0 Å². The average Bonchev–Trinajstić information content (AvgIpc) is 2.54. The van der Waals surface area contributed by atoms with E-state index in [1.807, 2.05) is 0 Å². The maximum atomic E-state index is 11.8. The molecule has 0 fully saturated rings. The minimum Gasteiger partial charge on any atom is -0.618 e. The molecule has 1 aromatic heterocycles. The number of benzene rings is 1. The van der Waals surface area contributed by atoms with Crippen molar-refractivity contribution >= 4 is 23.3 Å². The highest BCUT2D eigenvalue weighted by Crippen LogP contribution is 2.21. The van der Waals surface area contributed by atoms with Gasteiger partial charge in [0.2, 0.25) is 0 Å². The lowest BCUT2D eigenvalue weighted by atomic mass is 10.2. The standard InChI is InChI=1S/C15H13N3O6/c1-10-8-11(18(22)23)5-6-12(10)16-14(19)9-24-15(20)13-4-2-3-7-17(13)21/h2-8H,9H2,1H3,(H,16,19). The summed E-state index contributed by atoms with van der Waals surface area (Å²) in [6, 6.07) is 8.16. The molecule has 24 heavy (non-hydrogen) atoms. The highest BCUT2D eigenvalue weighted by Gasteiger charge is 2.18. The molecule has 0 atom stereocenters. The second-order valence-corrected chi connectivity index (χ2v) is 4.79. The van der Waals surface area contributed by atoms with E-state index in [1.165, 1.54) is 36.4 Å². The summed E-state index contributed by atoms with van der Waals surface area (Å²) in [5.41, 5.74) is 0.516. The Morgan fingerprint density at radius 2 is 2.04 bits per heavy atom. The van der Waals surface area contributed by atoms with Crippen LogP contribution in [0.5, 0.6) is 0 Å². The number of aryl methyl sites for hydroxylation is 1. The van der Waals surface area contributed by atoms with Crippen molar-refractivity contribution in [3.05, 3.63) is 69.2 Å². The molecular formula is C15H13N3O6. The zero-order valence-corrected chi connectivity index (χ0v) is 12.6. The van der Waals surface area contributed by atoms with Crippen molar-refractivity contribution < 1.29 is 24.0 Å². The quantitative estimate of drug-likeness (QED) is 0.290. The summed E-state index contributed by atoms with van der Waals surface area (Å²) in [5, 5.41) is 24.5. The fraction of sp³-hybridized carbons (Fsp3) is 0.133. The number of aromatic nitrogens is 1. The zero-order valence-electron chi connectivity index (χ0n) is 12.6. The molecule has 9 nitrogen and oxygen atoms in total. The van der Waals surface area contributed by atoms with E-state index in [0.29, 0.717) is 16.0 Å². The maximum Gasteiger partial charge on any atom is 0.405 e. The van der Waals surface area contributed by atoms with E-state index >= 15 is 0 Å². The first-order valence-electron chi connectivity index (χ1n) is 6.78. The highest BCUT2D eigenvalue weighted by atomic mass is 16.6. The van der Waals surface area contributed by atoms with Crippen molar-refractivity contribution in [3.8, 4) is 0 Å². The first kappa shape index (κ1) is 16.9. The predicted octanol–water partition coefficient (Wildman–Crippen LogP) is 1.33. The number of esters is 1. The summed E-state index contributed by atoms with van der Waals surface area (Å²) in [4.78, 5) is 33.6. The van der Waals surface area contributed by atoms with Crippen LogP contribution >= 0.6 is 0 Å². The van der Waals surface area contributed by atoms with Crippen LogP contribution in [0, 0.1) is 22.2 Å². The lowest BCUT2D eigenvalue weighted by Gasteiger charge is -2.08. The number of anilines is 1. The summed E-state index contributed by atoms with van der Waals surface area (Å²) in [6.07, 6.45) is 1.14. The molecule has 1 heterocycles. The number of carbonyl (C=O) groups excluding carboxylic acids is 2. The normalized spacial score (nSPS) is 10.0. The number of ether oxygens (including phenoxy) is 1. The SMILES string of the molecule is Cc1cc([N+](=O)[O-])ccc1NC(=O)COC(=O)c1cccc[n+]1[O-]. The van der Waals surface area contributed by atoms with Gasteiger partial charge in [-0.2, -0.15) is 4.73 Å². The fourth-order valence-corrected chi connectivity index (χ4v) is 1.88. The molecule has 1 aromatic carbocycles. The Kier molecular flexibility index (Phi) is 5.05. The first-order valence-corrected chi connectivity index (χ1v) is 6.78. The molecule has 1 N–H and O–H groups in total. The number of nitro benzene ring substituents is 1. The number of nitrogens with zero attached hydrogens (tertiary/aromatic N) is 2. The summed E-state index contributed by atoms with van der Waals surface area (Å²) < 4.78 is 5.10. The van der Waals surface area contributed by atoms with Gasteiger partial charge in [0, 0.05) is 30.0 Å². The van der Waals surface area contributed by atoms with Gasteiger partial charge in [0.1, 0.15) is 0 Å². The number of amides is 1. The largest absolute Gasteiger partial charge is 0.618 e. The fourth-order valence-electron chi connectivity index (χ4n) is 1.88. The van der Waals surface area contributed by atoms with Gasteiger partial charge < -0.3 is 15.3 Å². The molecular weight excluding hydrogens is 318 g/mol. The molecule has 2 aromatic rings. The van der Waals surface area contributed by atoms with Crippen LogP contribution in [0.1, 0.15) is 16.1 Å². The number of hydrogen-bond acceptors (Lipinski definition) is 6. The number of non-ortho nitro benzene ring substituents is 1. The average molecular weight is 331 g/mol. The summed E-state index contributed by atoms with van der Waals surface area (Å²) in [7, 11) is 0. The van der Waals surface area contributed by atoms with Crippen molar-refractivity contribution in [2.24, 2.45) is 0 Å². The molecule has 0 radical (unpaired) electrons. The third kappa shape index (κ3) is 4.03. The minimum atomic E-state index is -0.929. The van der Waals surface area contributed by atoms with E-state index in [0.717, 1.165) is 6.20 Å². The Balaban J connectivity index is 1.95. The second-order valence-electron chi connectivity index (χ2n) is 4.79. The van der Waals surface area contributed by atoms with Crippen LogP contribution in [0.2, 0.25) is 0 Å². The van der Waals surface area contributed by atoms with Crippen LogP contribution in [-0.4, -0.2) is 23.4 Å². The Labute approximate surface area is 136 Å². The molecule has 0 aliphatic rings. The Hall–Kier alpha value is -3.49. The highest BCUT2D eigenvalue weighted by molar-refractivity contribution is 5.95. The van der Waals surface area contributed by atoms with Crippen molar-refractivity contribution in [1.29, 1.82) is 0 Å². The van der Waals surface area contributed by atoms with E-state index in [4.69, 9.17) is 4.74 Å². The van der Waals surface area contributed by atoms with Gasteiger partial charge in [-0.05, 0) is 24.6 Å². The van der Waals surface area contributed by atoms with Gasteiger partial charge in [-0.25, -0.2) is 4.79 Å². The monoisotopic (exact) mass is 331 g/mol. The molecule has 124 valence electrons. The van der Waals surface area contributed by atoms with Gasteiger partial charge in [-0.3, -0.25) is 14.9 Å². The van der Waals surface area contributed by atoms with Gasteiger partial charge in [0.15, 0.2) is 12.8 Å². The Bertz CT molecular complexity index is 806. The van der Waals surface area contributed by atoms with Crippen LogP contribution in [-0.2, 0) is 9.53 Å². The van der Waals surface area contributed by atoms with Gasteiger partial charge in [0.25, 0.3) is 11.6 Å². The number of nitrogens with one attached hydrogen (secondary N) is 1.